The van der Waals surface area contributed by atoms with Crippen molar-refractivity contribution < 1.29 is 14.3 Å². The van der Waals surface area contributed by atoms with Crippen molar-refractivity contribution in [2.45, 2.75) is 0 Å². The molecule has 0 aliphatic heterocycles. The van der Waals surface area contributed by atoms with Crippen LogP contribution in [0.4, 0.5) is 5.82 Å². The van der Waals surface area contributed by atoms with E-state index in [0.717, 1.165) is 15.0 Å². The van der Waals surface area contributed by atoms with Crippen LogP contribution in [0.2, 0.25) is 0 Å². The minimum absolute atomic E-state index is 0.0782. The van der Waals surface area contributed by atoms with E-state index in [4.69, 9.17) is 4.74 Å². The highest BCUT2D eigenvalue weighted by atomic mass is 79.9. The molecule has 0 saturated heterocycles. The summed E-state index contributed by atoms with van der Waals surface area (Å²) in [6, 6.07) is 12.7. The molecular weight excluding hydrogens is 432 g/mol. The first-order valence-corrected chi connectivity index (χ1v) is 9.58. The molecule has 1 aromatic carbocycles. The molecule has 27 heavy (non-hydrogen) atoms. The molecule has 2 aromatic heterocycles. The van der Waals surface area contributed by atoms with Gasteiger partial charge in [0.1, 0.15) is 5.75 Å². The molecular formula is C18H17BrN4O3S. The number of carbonyl (C=O) groups excluding carboxylic acids is 2. The van der Waals surface area contributed by atoms with Crippen molar-refractivity contribution in [3.8, 4) is 17.0 Å². The number of benzene rings is 1. The van der Waals surface area contributed by atoms with Crippen molar-refractivity contribution in [3.05, 3.63) is 51.1 Å². The number of hydrogen-bond donors (Lipinski definition) is 2. The van der Waals surface area contributed by atoms with Crippen molar-refractivity contribution in [3.63, 3.8) is 0 Å². The van der Waals surface area contributed by atoms with Gasteiger partial charge in [-0.25, -0.2) is 0 Å². The summed E-state index contributed by atoms with van der Waals surface area (Å²) in [6.07, 6.45) is 0. The summed E-state index contributed by atoms with van der Waals surface area (Å²) in [5.41, 5.74) is 1.55. The number of carbonyl (C=O) groups is 2. The number of nitrogens with zero attached hydrogens (tertiary/aromatic N) is 2. The van der Waals surface area contributed by atoms with Gasteiger partial charge in [-0.05, 0) is 40.2 Å². The number of nitrogens with one attached hydrogen (secondary N) is 2. The largest absolute Gasteiger partial charge is 0.496 e. The van der Waals surface area contributed by atoms with Gasteiger partial charge in [-0.1, -0.05) is 12.1 Å². The number of H-pyrrole nitrogens is 1. The number of hydrogen-bond acceptors (Lipinski definition) is 5. The summed E-state index contributed by atoms with van der Waals surface area (Å²) in [7, 11) is 3.18. The van der Waals surface area contributed by atoms with Crippen LogP contribution in [0.25, 0.3) is 11.3 Å². The molecule has 3 aromatic rings. The standard InChI is InChI=1S/C18H17BrN4O3S/c1-23(18(25)14-7-8-15(19)27-14)10-17(24)20-16-9-12(21-22-16)11-5-3-4-6-13(11)26-2/h3-9H,10H2,1-2H3,(H2,20,21,22,24). The number of ether oxygens (including phenoxy) is 1. The molecule has 0 bridgehead atoms. The van der Waals surface area contributed by atoms with Crippen molar-refractivity contribution in [1.82, 2.24) is 15.1 Å². The third-order valence-corrected chi connectivity index (χ3v) is 5.37. The first-order valence-electron chi connectivity index (χ1n) is 7.97. The molecule has 3 rings (SSSR count). The smallest absolute Gasteiger partial charge is 0.264 e. The third-order valence-electron chi connectivity index (χ3n) is 3.75. The molecule has 0 atom stereocenters. The van der Waals surface area contributed by atoms with E-state index < -0.39 is 0 Å². The topological polar surface area (TPSA) is 87.3 Å². The second kappa shape index (κ2) is 8.36. The van der Waals surface area contributed by atoms with Crippen LogP contribution in [0.15, 0.2) is 46.3 Å². The van der Waals surface area contributed by atoms with Gasteiger partial charge in [0.2, 0.25) is 5.91 Å². The molecule has 2 N–H and O–H groups in total. The number of aromatic nitrogens is 2. The van der Waals surface area contributed by atoms with Gasteiger partial charge in [-0.3, -0.25) is 14.7 Å². The van der Waals surface area contributed by atoms with Crippen molar-refractivity contribution in [2.75, 3.05) is 26.0 Å². The van der Waals surface area contributed by atoms with Crippen LogP contribution >= 0.6 is 27.3 Å². The van der Waals surface area contributed by atoms with Crippen molar-refractivity contribution in [1.29, 1.82) is 0 Å². The fraction of sp³-hybridized carbons (Fsp3) is 0.167. The Labute approximate surface area is 168 Å². The Bertz CT molecular complexity index is 969. The molecule has 0 aliphatic rings. The van der Waals surface area contributed by atoms with Crippen LogP contribution in [-0.4, -0.2) is 47.6 Å². The molecule has 2 heterocycles. The van der Waals surface area contributed by atoms with Crippen LogP contribution in [-0.2, 0) is 4.79 Å². The molecule has 9 heteroatoms. The molecule has 0 fully saturated rings. The molecule has 2 amide bonds. The van der Waals surface area contributed by atoms with E-state index in [9.17, 15) is 9.59 Å². The lowest BCUT2D eigenvalue weighted by Crippen LogP contribution is -2.34. The van der Waals surface area contributed by atoms with Crippen LogP contribution in [0.1, 0.15) is 9.67 Å². The van der Waals surface area contributed by atoms with E-state index in [1.54, 1.807) is 32.4 Å². The van der Waals surface area contributed by atoms with E-state index in [0.29, 0.717) is 16.4 Å². The molecule has 0 unspecified atom stereocenters. The molecule has 7 nitrogen and oxygen atoms in total. The number of aromatic amines is 1. The Kier molecular flexibility index (Phi) is 5.92. The Morgan fingerprint density at radius 2 is 2.07 bits per heavy atom. The Balaban J connectivity index is 1.63. The van der Waals surface area contributed by atoms with Crippen LogP contribution in [0.5, 0.6) is 5.75 Å². The zero-order valence-corrected chi connectivity index (χ0v) is 17.1. The molecule has 0 spiro atoms. The highest BCUT2D eigenvalue weighted by molar-refractivity contribution is 9.11. The summed E-state index contributed by atoms with van der Waals surface area (Å²) >= 11 is 4.65. The summed E-state index contributed by atoms with van der Waals surface area (Å²) < 4.78 is 6.20. The fourth-order valence-corrected chi connectivity index (χ4v) is 3.86. The number of thiophene rings is 1. The summed E-state index contributed by atoms with van der Waals surface area (Å²) in [4.78, 5) is 26.5. The van der Waals surface area contributed by atoms with Crippen molar-refractivity contribution in [2.24, 2.45) is 0 Å². The first kappa shape index (κ1) is 19.1. The Morgan fingerprint density at radius 1 is 1.30 bits per heavy atom. The lowest BCUT2D eigenvalue weighted by molar-refractivity contribution is -0.116. The fourth-order valence-electron chi connectivity index (χ4n) is 2.48. The minimum Gasteiger partial charge on any atom is -0.496 e. The van der Waals surface area contributed by atoms with Gasteiger partial charge in [0.25, 0.3) is 5.91 Å². The monoisotopic (exact) mass is 448 g/mol. The maximum Gasteiger partial charge on any atom is 0.264 e. The summed E-state index contributed by atoms with van der Waals surface area (Å²) in [5, 5.41) is 9.67. The van der Waals surface area contributed by atoms with E-state index in [2.05, 4.69) is 31.4 Å². The van der Waals surface area contributed by atoms with Crippen LogP contribution in [0, 0.1) is 0 Å². The first-order chi connectivity index (χ1) is 13.0. The second-order valence-electron chi connectivity index (χ2n) is 5.68. The number of rotatable bonds is 6. The average Bonchev–Trinajstić information content (AvgIpc) is 3.30. The van der Waals surface area contributed by atoms with E-state index in [1.807, 2.05) is 24.3 Å². The maximum atomic E-state index is 12.3. The van der Waals surface area contributed by atoms with Gasteiger partial charge in [-0.2, -0.15) is 5.10 Å². The number of anilines is 1. The highest BCUT2D eigenvalue weighted by Gasteiger charge is 2.17. The number of likely N-dealkylation sites (N-methyl/N-ethyl adjacent to an activating group) is 1. The molecule has 0 radical (unpaired) electrons. The van der Waals surface area contributed by atoms with Gasteiger partial charge in [0, 0.05) is 18.7 Å². The van der Waals surface area contributed by atoms with Gasteiger partial charge >= 0.3 is 0 Å². The van der Waals surface area contributed by atoms with Crippen molar-refractivity contribution >= 4 is 44.9 Å². The van der Waals surface area contributed by atoms with Gasteiger partial charge in [0.15, 0.2) is 5.82 Å². The highest BCUT2D eigenvalue weighted by Crippen LogP contribution is 2.29. The number of amides is 2. The quantitative estimate of drug-likeness (QED) is 0.602. The van der Waals surface area contributed by atoms with E-state index in [-0.39, 0.29) is 18.4 Å². The minimum atomic E-state index is -0.334. The van der Waals surface area contributed by atoms with Gasteiger partial charge in [-0.15, -0.1) is 11.3 Å². The normalized spacial score (nSPS) is 10.5. The number of methoxy groups -OCH3 is 1. The Morgan fingerprint density at radius 3 is 2.78 bits per heavy atom. The van der Waals surface area contributed by atoms with E-state index in [1.165, 1.54) is 16.2 Å². The van der Waals surface area contributed by atoms with Crippen LogP contribution < -0.4 is 10.1 Å². The summed E-state index contributed by atoms with van der Waals surface area (Å²) in [5.74, 6) is 0.532. The third kappa shape index (κ3) is 4.55. The lowest BCUT2D eigenvalue weighted by atomic mass is 10.1. The predicted molar refractivity (Wildman–Crippen MR) is 108 cm³/mol. The second-order valence-corrected chi connectivity index (χ2v) is 8.14. The lowest BCUT2D eigenvalue weighted by Gasteiger charge is -2.15. The Hall–Kier alpha value is -2.65. The SMILES string of the molecule is COc1ccccc1-c1cc(NC(=O)CN(C)C(=O)c2ccc(Br)s2)n[nH]1. The van der Waals surface area contributed by atoms with Gasteiger partial charge < -0.3 is 15.0 Å². The van der Waals surface area contributed by atoms with Gasteiger partial charge in [0.05, 0.1) is 28.0 Å². The zero-order valence-electron chi connectivity index (χ0n) is 14.7. The number of para-hydroxylation sites is 1. The zero-order chi connectivity index (χ0) is 19.4. The van der Waals surface area contributed by atoms with E-state index >= 15 is 0 Å². The molecule has 0 aliphatic carbocycles. The molecule has 140 valence electrons. The predicted octanol–water partition coefficient (Wildman–Crippen LogP) is 3.62. The number of halogens is 1. The summed E-state index contributed by atoms with van der Waals surface area (Å²) in [6.45, 7) is -0.0782. The average molecular weight is 449 g/mol. The molecule has 0 saturated carbocycles. The maximum absolute atomic E-state index is 12.3. The van der Waals surface area contributed by atoms with Crippen LogP contribution in [0.3, 0.4) is 0 Å².